The van der Waals surface area contributed by atoms with Crippen molar-refractivity contribution in [1.29, 1.82) is 0 Å². The first-order valence-electron chi connectivity index (χ1n) is 8.16. The molecule has 0 saturated carbocycles. The van der Waals surface area contributed by atoms with Gasteiger partial charge in [0.15, 0.2) is 5.69 Å². The predicted octanol–water partition coefficient (Wildman–Crippen LogP) is 1.47. The first-order chi connectivity index (χ1) is 13.0. The average Bonchev–Trinajstić information content (AvgIpc) is 3.05. The van der Waals surface area contributed by atoms with Crippen molar-refractivity contribution in [2.45, 2.75) is 6.92 Å². The van der Waals surface area contributed by atoms with Gasteiger partial charge in [0.25, 0.3) is 5.91 Å². The first-order valence-corrected chi connectivity index (χ1v) is 8.16. The summed E-state index contributed by atoms with van der Waals surface area (Å²) in [5, 5.41) is 11.6. The van der Waals surface area contributed by atoms with Gasteiger partial charge in [-0.2, -0.15) is 4.98 Å². The van der Waals surface area contributed by atoms with Gasteiger partial charge in [0.05, 0.1) is 16.9 Å². The molecule has 4 aromatic rings. The summed E-state index contributed by atoms with van der Waals surface area (Å²) >= 11 is 0. The van der Waals surface area contributed by atoms with Gasteiger partial charge in [0, 0.05) is 24.8 Å². The van der Waals surface area contributed by atoms with Crippen molar-refractivity contribution in [2.24, 2.45) is 7.05 Å². The molecule has 0 aliphatic carbocycles. The van der Waals surface area contributed by atoms with Crippen LogP contribution in [0, 0.1) is 6.92 Å². The van der Waals surface area contributed by atoms with E-state index in [2.05, 4.69) is 25.6 Å². The number of rotatable bonds is 3. The SMILES string of the molecule is Cc1c(C(=O)Nc2ccn(C)c(=O)n2)nnn1-c1cccc2cccnc12. The molecule has 9 heteroatoms. The summed E-state index contributed by atoms with van der Waals surface area (Å²) in [5.41, 5.74) is 1.71. The summed E-state index contributed by atoms with van der Waals surface area (Å²) in [6.07, 6.45) is 3.23. The van der Waals surface area contributed by atoms with Crippen LogP contribution < -0.4 is 11.0 Å². The Morgan fingerprint density at radius 3 is 2.78 bits per heavy atom. The molecular formula is C18H15N7O2. The summed E-state index contributed by atoms with van der Waals surface area (Å²) in [6.45, 7) is 1.74. The number of aromatic nitrogens is 6. The quantitative estimate of drug-likeness (QED) is 0.592. The summed E-state index contributed by atoms with van der Waals surface area (Å²) in [6, 6.07) is 11.1. The molecule has 0 atom stereocenters. The van der Waals surface area contributed by atoms with Crippen molar-refractivity contribution >= 4 is 22.6 Å². The smallest absolute Gasteiger partial charge is 0.305 e. The van der Waals surface area contributed by atoms with Crippen molar-refractivity contribution in [3.8, 4) is 5.69 Å². The molecule has 0 aliphatic heterocycles. The number of carbonyl (C=O) groups is 1. The molecule has 1 amide bonds. The van der Waals surface area contributed by atoms with E-state index >= 15 is 0 Å². The van der Waals surface area contributed by atoms with Crippen LogP contribution in [0.25, 0.3) is 16.6 Å². The molecule has 134 valence electrons. The van der Waals surface area contributed by atoms with E-state index < -0.39 is 11.6 Å². The van der Waals surface area contributed by atoms with E-state index in [0.717, 1.165) is 16.6 Å². The predicted molar refractivity (Wildman–Crippen MR) is 98.8 cm³/mol. The lowest BCUT2D eigenvalue weighted by molar-refractivity contribution is 0.102. The maximum absolute atomic E-state index is 12.5. The van der Waals surface area contributed by atoms with Crippen LogP contribution in [0.4, 0.5) is 5.82 Å². The maximum Gasteiger partial charge on any atom is 0.349 e. The van der Waals surface area contributed by atoms with E-state index in [4.69, 9.17) is 0 Å². The number of pyridine rings is 1. The van der Waals surface area contributed by atoms with Gasteiger partial charge in [-0.25, -0.2) is 9.48 Å². The van der Waals surface area contributed by atoms with Gasteiger partial charge in [-0.1, -0.05) is 23.4 Å². The fraction of sp³-hybridized carbons (Fsp3) is 0.111. The Balaban J connectivity index is 1.70. The van der Waals surface area contributed by atoms with E-state index in [1.54, 1.807) is 24.9 Å². The number of nitrogens with one attached hydrogen (secondary N) is 1. The van der Waals surface area contributed by atoms with Crippen LogP contribution >= 0.6 is 0 Å². The van der Waals surface area contributed by atoms with E-state index in [1.165, 1.54) is 16.8 Å². The monoisotopic (exact) mass is 361 g/mol. The molecule has 0 radical (unpaired) electrons. The second kappa shape index (κ2) is 6.45. The van der Waals surface area contributed by atoms with Gasteiger partial charge in [-0.05, 0) is 25.1 Å². The zero-order valence-corrected chi connectivity index (χ0v) is 14.6. The minimum Gasteiger partial charge on any atom is -0.305 e. The van der Waals surface area contributed by atoms with Gasteiger partial charge >= 0.3 is 5.69 Å². The topological polar surface area (TPSA) is 108 Å². The number of para-hydroxylation sites is 1. The molecule has 1 N–H and O–H groups in total. The van der Waals surface area contributed by atoms with Gasteiger partial charge in [-0.3, -0.25) is 9.78 Å². The normalized spacial score (nSPS) is 10.9. The van der Waals surface area contributed by atoms with Gasteiger partial charge in [-0.15, -0.1) is 5.10 Å². The molecule has 0 spiro atoms. The number of fused-ring (bicyclic) bond motifs is 1. The van der Waals surface area contributed by atoms with Crippen molar-refractivity contribution < 1.29 is 4.79 Å². The summed E-state index contributed by atoms with van der Waals surface area (Å²) < 4.78 is 2.88. The highest BCUT2D eigenvalue weighted by Gasteiger charge is 2.19. The molecule has 1 aromatic carbocycles. The Bertz CT molecular complexity index is 1220. The third kappa shape index (κ3) is 2.95. The molecular weight excluding hydrogens is 346 g/mol. The minimum atomic E-state index is -0.493. The third-order valence-electron chi connectivity index (χ3n) is 4.16. The van der Waals surface area contributed by atoms with Crippen LogP contribution in [0.15, 0.2) is 53.6 Å². The van der Waals surface area contributed by atoms with Crippen LogP contribution in [0.1, 0.15) is 16.2 Å². The fourth-order valence-corrected chi connectivity index (χ4v) is 2.74. The summed E-state index contributed by atoms with van der Waals surface area (Å²) in [7, 11) is 1.58. The minimum absolute atomic E-state index is 0.144. The van der Waals surface area contributed by atoms with E-state index in [9.17, 15) is 9.59 Å². The lowest BCUT2D eigenvalue weighted by atomic mass is 10.2. The van der Waals surface area contributed by atoms with E-state index in [1.807, 2.05) is 30.3 Å². The number of hydrogen-bond donors (Lipinski definition) is 1. The molecule has 9 nitrogen and oxygen atoms in total. The highest BCUT2D eigenvalue weighted by Crippen LogP contribution is 2.21. The Labute approximate surface area is 153 Å². The van der Waals surface area contributed by atoms with E-state index in [0.29, 0.717) is 5.69 Å². The summed E-state index contributed by atoms with van der Waals surface area (Å²) in [5.74, 6) is -0.337. The van der Waals surface area contributed by atoms with Crippen molar-refractivity contribution in [2.75, 3.05) is 5.32 Å². The van der Waals surface area contributed by atoms with Gasteiger partial charge < -0.3 is 9.88 Å². The lowest BCUT2D eigenvalue weighted by Gasteiger charge is -2.07. The molecule has 3 aromatic heterocycles. The molecule has 27 heavy (non-hydrogen) atoms. The van der Waals surface area contributed by atoms with Gasteiger partial charge in [0.1, 0.15) is 5.82 Å². The number of anilines is 1. The Kier molecular flexibility index (Phi) is 3.96. The number of carbonyl (C=O) groups excluding carboxylic acids is 1. The Hall–Kier alpha value is -3.88. The largest absolute Gasteiger partial charge is 0.349 e. The number of nitrogens with zero attached hydrogens (tertiary/aromatic N) is 6. The standard InChI is InChI=1S/C18H15N7O2/c1-11-15(17(26)20-14-8-10-24(2)18(27)21-14)22-23-25(11)13-7-3-5-12-6-4-9-19-16(12)13/h3-10H,1-2H3,(H,20,21,26,27). The highest BCUT2D eigenvalue weighted by molar-refractivity contribution is 6.03. The summed E-state index contributed by atoms with van der Waals surface area (Å²) in [4.78, 5) is 32.3. The average molecular weight is 361 g/mol. The number of amides is 1. The first kappa shape index (κ1) is 16.6. The molecule has 4 rings (SSSR count). The molecule has 0 bridgehead atoms. The molecule has 0 saturated heterocycles. The fourth-order valence-electron chi connectivity index (χ4n) is 2.74. The number of hydrogen-bond acceptors (Lipinski definition) is 6. The van der Waals surface area contributed by atoms with Crippen LogP contribution in [0.3, 0.4) is 0 Å². The molecule has 0 fully saturated rings. The van der Waals surface area contributed by atoms with E-state index in [-0.39, 0.29) is 11.5 Å². The molecule has 3 heterocycles. The highest BCUT2D eigenvalue weighted by atomic mass is 16.2. The lowest BCUT2D eigenvalue weighted by Crippen LogP contribution is -2.23. The zero-order valence-electron chi connectivity index (χ0n) is 14.6. The second-order valence-electron chi connectivity index (χ2n) is 5.95. The Morgan fingerprint density at radius 2 is 1.96 bits per heavy atom. The third-order valence-corrected chi connectivity index (χ3v) is 4.16. The zero-order chi connectivity index (χ0) is 19.0. The number of aryl methyl sites for hydroxylation is 1. The molecule has 0 unspecified atom stereocenters. The Morgan fingerprint density at radius 1 is 1.15 bits per heavy atom. The van der Waals surface area contributed by atoms with Crippen molar-refractivity contribution in [3.63, 3.8) is 0 Å². The van der Waals surface area contributed by atoms with Crippen molar-refractivity contribution in [3.05, 3.63) is 70.7 Å². The van der Waals surface area contributed by atoms with Crippen LogP contribution in [-0.2, 0) is 7.05 Å². The van der Waals surface area contributed by atoms with Gasteiger partial charge in [0.2, 0.25) is 0 Å². The van der Waals surface area contributed by atoms with Crippen LogP contribution in [-0.4, -0.2) is 35.4 Å². The maximum atomic E-state index is 12.5. The second-order valence-corrected chi connectivity index (χ2v) is 5.95. The van der Waals surface area contributed by atoms with Crippen molar-refractivity contribution in [1.82, 2.24) is 29.5 Å². The molecule has 0 aliphatic rings. The van der Waals surface area contributed by atoms with Crippen LogP contribution in [0.5, 0.6) is 0 Å². The number of benzene rings is 1. The van der Waals surface area contributed by atoms with Crippen LogP contribution in [0.2, 0.25) is 0 Å².